The Balaban J connectivity index is 3.20. The monoisotopic (exact) mass is 219 g/mol. The highest BCUT2D eigenvalue weighted by molar-refractivity contribution is 6.35. The van der Waals surface area contributed by atoms with Gasteiger partial charge in [-0.05, 0) is 18.6 Å². The van der Waals surface area contributed by atoms with Crippen LogP contribution < -0.4 is 5.73 Å². The third kappa shape index (κ3) is 2.27. The highest BCUT2D eigenvalue weighted by Gasteiger charge is 2.12. The minimum absolute atomic E-state index is 0.0282. The van der Waals surface area contributed by atoms with E-state index in [-0.39, 0.29) is 16.8 Å². The Hall–Kier alpha value is -0.440. The number of phenols is 1. The molecule has 1 atom stereocenters. The number of phenolic OH excluding ortho intramolecular Hbond substituents is 1. The standard InChI is InChI=1S/C9H11Cl2NO/c1-2-8(12)6-3-5(10)4-7(11)9(6)13/h3-4,8,13H,2,12H2,1H3/t8-/m1/s1. The van der Waals surface area contributed by atoms with E-state index >= 15 is 0 Å². The molecule has 0 aliphatic heterocycles. The van der Waals surface area contributed by atoms with Crippen LogP contribution in [0.4, 0.5) is 0 Å². The molecule has 0 aromatic heterocycles. The van der Waals surface area contributed by atoms with Crippen molar-refractivity contribution in [1.29, 1.82) is 0 Å². The molecule has 0 saturated carbocycles. The SMILES string of the molecule is CC[C@@H](N)c1cc(Cl)cc(Cl)c1O. The van der Waals surface area contributed by atoms with Gasteiger partial charge in [-0.3, -0.25) is 0 Å². The van der Waals surface area contributed by atoms with Gasteiger partial charge in [0.1, 0.15) is 5.75 Å². The van der Waals surface area contributed by atoms with E-state index in [1.54, 1.807) is 6.07 Å². The number of benzene rings is 1. The van der Waals surface area contributed by atoms with Gasteiger partial charge in [-0.25, -0.2) is 0 Å². The summed E-state index contributed by atoms with van der Waals surface area (Å²) in [4.78, 5) is 0. The van der Waals surface area contributed by atoms with E-state index < -0.39 is 0 Å². The van der Waals surface area contributed by atoms with Gasteiger partial charge < -0.3 is 10.8 Å². The maximum absolute atomic E-state index is 9.55. The first kappa shape index (κ1) is 10.6. The second kappa shape index (κ2) is 4.18. The van der Waals surface area contributed by atoms with E-state index in [1.165, 1.54) is 6.07 Å². The lowest BCUT2D eigenvalue weighted by Gasteiger charge is -2.12. The summed E-state index contributed by atoms with van der Waals surface area (Å²) in [5.74, 6) is 0.0282. The predicted octanol–water partition coefficient (Wildman–Crippen LogP) is 3.11. The van der Waals surface area contributed by atoms with Crippen molar-refractivity contribution >= 4 is 23.2 Å². The van der Waals surface area contributed by atoms with Crippen LogP contribution in [0.2, 0.25) is 10.0 Å². The second-order valence-corrected chi connectivity index (χ2v) is 3.68. The van der Waals surface area contributed by atoms with Crippen LogP contribution in [0.15, 0.2) is 12.1 Å². The average Bonchev–Trinajstić information content (AvgIpc) is 2.10. The molecule has 0 fully saturated rings. The smallest absolute Gasteiger partial charge is 0.139 e. The van der Waals surface area contributed by atoms with Crippen molar-refractivity contribution in [2.45, 2.75) is 19.4 Å². The Morgan fingerprint density at radius 2 is 2.08 bits per heavy atom. The fraction of sp³-hybridized carbons (Fsp3) is 0.333. The van der Waals surface area contributed by atoms with Crippen LogP contribution in [-0.4, -0.2) is 5.11 Å². The predicted molar refractivity (Wildman–Crippen MR) is 55.3 cm³/mol. The van der Waals surface area contributed by atoms with Crippen molar-refractivity contribution in [3.8, 4) is 5.75 Å². The molecule has 0 bridgehead atoms. The zero-order valence-electron chi connectivity index (χ0n) is 7.22. The van der Waals surface area contributed by atoms with Gasteiger partial charge in [0.25, 0.3) is 0 Å². The molecule has 72 valence electrons. The van der Waals surface area contributed by atoms with Crippen LogP contribution in [0.5, 0.6) is 5.75 Å². The van der Waals surface area contributed by atoms with Gasteiger partial charge in [-0.15, -0.1) is 0 Å². The number of hydrogen-bond acceptors (Lipinski definition) is 2. The summed E-state index contributed by atoms with van der Waals surface area (Å²) in [7, 11) is 0. The van der Waals surface area contributed by atoms with Gasteiger partial charge in [-0.1, -0.05) is 30.1 Å². The fourth-order valence-electron chi connectivity index (χ4n) is 1.09. The Morgan fingerprint density at radius 3 is 2.62 bits per heavy atom. The third-order valence-electron chi connectivity index (χ3n) is 1.90. The maximum Gasteiger partial charge on any atom is 0.139 e. The minimum Gasteiger partial charge on any atom is -0.506 e. The molecule has 1 aromatic carbocycles. The quantitative estimate of drug-likeness (QED) is 0.804. The molecule has 2 nitrogen and oxygen atoms in total. The zero-order chi connectivity index (χ0) is 10.0. The molecule has 4 heteroatoms. The molecule has 0 amide bonds. The molecule has 0 aliphatic carbocycles. The summed E-state index contributed by atoms with van der Waals surface area (Å²) in [5.41, 5.74) is 6.35. The average molecular weight is 220 g/mol. The van der Waals surface area contributed by atoms with Crippen molar-refractivity contribution in [2.24, 2.45) is 5.73 Å². The third-order valence-corrected chi connectivity index (χ3v) is 2.40. The summed E-state index contributed by atoms with van der Waals surface area (Å²) >= 11 is 11.5. The van der Waals surface area contributed by atoms with Crippen LogP contribution in [0.25, 0.3) is 0 Å². The van der Waals surface area contributed by atoms with Crippen molar-refractivity contribution in [3.63, 3.8) is 0 Å². The number of aromatic hydroxyl groups is 1. The van der Waals surface area contributed by atoms with Crippen molar-refractivity contribution in [1.82, 2.24) is 0 Å². The topological polar surface area (TPSA) is 46.2 Å². The minimum atomic E-state index is -0.226. The van der Waals surface area contributed by atoms with E-state index in [4.69, 9.17) is 28.9 Å². The molecule has 0 unspecified atom stereocenters. The van der Waals surface area contributed by atoms with Crippen LogP contribution in [0.3, 0.4) is 0 Å². The van der Waals surface area contributed by atoms with E-state index in [9.17, 15) is 5.11 Å². The van der Waals surface area contributed by atoms with Gasteiger partial charge in [0.15, 0.2) is 0 Å². The van der Waals surface area contributed by atoms with Crippen molar-refractivity contribution < 1.29 is 5.11 Å². The summed E-state index contributed by atoms with van der Waals surface area (Å²) in [6, 6.07) is 2.90. The summed E-state index contributed by atoms with van der Waals surface area (Å²) in [5, 5.41) is 10.3. The summed E-state index contributed by atoms with van der Waals surface area (Å²) in [6.45, 7) is 1.93. The number of rotatable bonds is 2. The largest absolute Gasteiger partial charge is 0.506 e. The molecule has 0 aliphatic rings. The number of nitrogens with two attached hydrogens (primary N) is 1. The van der Waals surface area contributed by atoms with Gasteiger partial charge >= 0.3 is 0 Å². The molecule has 0 radical (unpaired) electrons. The molecule has 1 rings (SSSR count). The lowest BCUT2D eigenvalue weighted by Crippen LogP contribution is -2.08. The molecular weight excluding hydrogens is 209 g/mol. The van der Waals surface area contributed by atoms with E-state index in [0.717, 1.165) is 6.42 Å². The molecule has 0 spiro atoms. The van der Waals surface area contributed by atoms with Crippen LogP contribution in [-0.2, 0) is 0 Å². The molecule has 13 heavy (non-hydrogen) atoms. The van der Waals surface area contributed by atoms with Gasteiger partial charge in [-0.2, -0.15) is 0 Å². The Bertz CT molecular complexity index is 315. The molecular formula is C9H11Cl2NO. The Morgan fingerprint density at radius 1 is 1.46 bits per heavy atom. The number of hydrogen-bond donors (Lipinski definition) is 2. The molecule has 0 heterocycles. The van der Waals surface area contributed by atoms with Crippen LogP contribution in [0, 0.1) is 0 Å². The first-order valence-electron chi connectivity index (χ1n) is 3.99. The van der Waals surface area contributed by atoms with Gasteiger partial charge in [0, 0.05) is 16.6 Å². The zero-order valence-corrected chi connectivity index (χ0v) is 8.73. The van der Waals surface area contributed by atoms with Crippen molar-refractivity contribution in [3.05, 3.63) is 27.7 Å². The van der Waals surface area contributed by atoms with Crippen LogP contribution in [0.1, 0.15) is 24.9 Å². The lowest BCUT2D eigenvalue weighted by molar-refractivity contribution is 0.460. The molecule has 0 saturated heterocycles. The second-order valence-electron chi connectivity index (χ2n) is 2.84. The lowest BCUT2D eigenvalue weighted by atomic mass is 10.0. The molecule has 3 N–H and O–H groups in total. The summed E-state index contributed by atoms with van der Waals surface area (Å²) in [6.07, 6.45) is 0.726. The highest BCUT2D eigenvalue weighted by atomic mass is 35.5. The van der Waals surface area contributed by atoms with Crippen LogP contribution >= 0.6 is 23.2 Å². The number of halogens is 2. The molecule has 1 aromatic rings. The fourth-order valence-corrected chi connectivity index (χ4v) is 1.60. The highest BCUT2D eigenvalue weighted by Crippen LogP contribution is 2.34. The van der Waals surface area contributed by atoms with E-state index in [0.29, 0.717) is 10.6 Å². The van der Waals surface area contributed by atoms with E-state index in [1.807, 2.05) is 6.92 Å². The van der Waals surface area contributed by atoms with Crippen molar-refractivity contribution in [2.75, 3.05) is 0 Å². The first-order valence-corrected chi connectivity index (χ1v) is 4.75. The Kier molecular flexibility index (Phi) is 3.42. The maximum atomic E-state index is 9.55. The van der Waals surface area contributed by atoms with Gasteiger partial charge in [0.2, 0.25) is 0 Å². The normalized spacial score (nSPS) is 12.9. The summed E-state index contributed by atoms with van der Waals surface area (Å²) < 4.78 is 0. The first-order chi connectivity index (χ1) is 6.06. The Labute approximate surface area is 87.3 Å². The van der Waals surface area contributed by atoms with E-state index in [2.05, 4.69) is 0 Å². The van der Waals surface area contributed by atoms with Gasteiger partial charge in [0.05, 0.1) is 5.02 Å².